The van der Waals surface area contributed by atoms with Gasteiger partial charge in [0, 0.05) is 11.4 Å². The highest BCUT2D eigenvalue weighted by Crippen LogP contribution is 2.19. The van der Waals surface area contributed by atoms with Gasteiger partial charge in [0.2, 0.25) is 0 Å². The third-order valence-corrected chi connectivity index (χ3v) is 4.19. The summed E-state index contributed by atoms with van der Waals surface area (Å²) in [5.74, 6) is 0.697. The van der Waals surface area contributed by atoms with Crippen molar-refractivity contribution >= 4 is 51.3 Å². The molecular formula is C10H9ClIN3S. The number of aromatic nitrogens is 2. The minimum absolute atomic E-state index is 0.559. The van der Waals surface area contributed by atoms with Gasteiger partial charge in [0.25, 0.3) is 0 Å². The molecule has 0 saturated heterocycles. The van der Waals surface area contributed by atoms with Gasteiger partial charge < -0.3 is 5.32 Å². The van der Waals surface area contributed by atoms with Gasteiger partial charge in [-0.25, -0.2) is 9.97 Å². The molecule has 84 valence electrons. The van der Waals surface area contributed by atoms with Gasteiger partial charge in [-0.3, -0.25) is 0 Å². The van der Waals surface area contributed by atoms with E-state index in [2.05, 4.69) is 50.0 Å². The average molecular weight is 366 g/mol. The van der Waals surface area contributed by atoms with E-state index in [1.54, 1.807) is 6.20 Å². The first kappa shape index (κ1) is 12.1. The number of halogens is 2. The van der Waals surface area contributed by atoms with Gasteiger partial charge in [0.15, 0.2) is 0 Å². The van der Waals surface area contributed by atoms with Crippen LogP contribution in [0, 0.1) is 2.88 Å². The van der Waals surface area contributed by atoms with Gasteiger partial charge in [-0.05, 0) is 41.1 Å². The number of hydrogen-bond acceptors (Lipinski definition) is 4. The van der Waals surface area contributed by atoms with Gasteiger partial charge in [-0.15, -0.1) is 11.3 Å². The molecule has 1 N–H and O–H groups in total. The second kappa shape index (κ2) is 5.79. The van der Waals surface area contributed by atoms with Gasteiger partial charge in [0.05, 0.1) is 9.08 Å². The Balaban J connectivity index is 1.87. The lowest BCUT2D eigenvalue weighted by molar-refractivity contribution is 1.02. The number of nitrogens with zero attached hydrogens (tertiary/aromatic N) is 2. The first-order valence-corrected chi connectivity index (χ1v) is 6.96. The molecule has 0 spiro atoms. The summed E-state index contributed by atoms with van der Waals surface area (Å²) >= 11 is 10.1. The minimum Gasteiger partial charge on any atom is -0.368 e. The SMILES string of the molecule is Clc1cncnc1NCCc1ccc(I)s1. The van der Waals surface area contributed by atoms with Crippen LogP contribution in [0.5, 0.6) is 0 Å². The minimum atomic E-state index is 0.559. The predicted molar refractivity (Wildman–Crippen MR) is 76.3 cm³/mol. The molecule has 0 amide bonds. The Morgan fingerprint density at radius 1 is 1.44 bits per heavy atom. The Hall–Kier alpha value is -0.400. The molecule has 3 nitrogen and oxygen atoms in total. The topological polar surface area (TPSA) is 37.8 Å². The normalized spacial score (nSPS) is 10.4. The molecule has 0 aliphatic heterocycles. The Morgan fingerprint density at radius 3 is 3.00 bits per heavy atom. The molecule has 0 bridgehead atoms. The lowest BCUT2D eigenvalue weighted by Gasteiger charge is -2.04. The first-order valence-electron chi connectivity index (χ1n) is 4.69. The van der Waals surface area contributed by atoms with Gasteiger partial charge in [-0.1, -0.05) is 11.6 Å². The zero-order valence-electron chi connectivity index (χ0n) is 8.28. The maximum Gasteiger partial charge on any atom is 0.148 e. The van der Waals surface area contributed by atoms with Crippen molar-refractivity contribution in [1.82, 2.24) is 9.97 Å². The molecule has 0 saturated carbocycles. The molecule has 16 heavy (non-hydrogen) atoms. The van der Waals surface area contributed by atoms with Gasteiger partial charge in [-0.2, -0.15) is 0 Å². The van der Waals surface area contributed by atoms with Crippen molar-refractivity contribution < 1.29 is 0 Å². The van der Waals surface area contributed by atoms with E-state index < -0.39 is 0 Å². The fourth-order valence-electron chi connectivity index (χ4n) is 1.23. The number of anilines is 1. The Morgan fingerprint density at radius 2 is 2.31 bits per heavy atom. The molecule has 2 aromatic heterocycles. The average Bonchev–Trinajstić information content (AvgIpc) is 2.67. The molecule has 2 rings (SSSR count). The van der Waals surface area contributed by atoms with E-state index in [-0.39, 0.29) is 0 Å². The van der Waals surface area contributed by atoms with Crippen LogP contribution in [0.4, 0.5) is 5.82 Å². The zero-order chi connectivity index (χ0) is 11.4. The molecule has 2 aromatic rings. The molecule has 0 unspecified atom stereocenters. The highest BCUT2D eigenvalue weighted by atomic mass is 127. The Labute approximate surface area is 116 Å². The summed E-state index contributed by atoms with van der Waals surface area (Å²) in [6.45, 7) is 0.827. The Kier molecular flexibility index (Phi) is 4.37. The van der Waals surface area contributed by atoms with Crippen molar-refractivity contribution in [3.63, 3.8) is 0 Å². The third-order valence-electron chi connectivity index (χ3n) is 1.96. The fourth-order valence-corrected chi connectivity index (χ4v) is 3.16. The van der Waals surface area contributed by atoms with E-state index in [1.165, 1.54) is 14.1 Å². The maximum absolute atomic E-state index is 5.92. The molecule has 0 atom stereocenters. The number of nitrogens with one attached hydrogen (secondary N) is 1. The second-order valence-corrected chi connectivity index (χ2v) is 6.57. The van der Waals surface area contributed by atoms with Crippen LogP contribution in [0.1, 0.15) is 4.88 Å². The summed E-state index contributed by atoms with van der Waals surface area (Å²) in [6.07, 6.45) is 4.06. The van der Waals surface area contributed by atoms with E-state index in [0.29, 0.717) is 10.8 Å². The molecule has 0 aromatic carbocycles. The van der Waals surface area contributed by atoms with Gasteiger partial charge >= 0.3 is 0 Å². The highest BCUT2D eigenvalue weighted by molar-refractivity contribution is 14.1. The van der Waals surface area contributed by atoms with Crippen LogP contribution in [-0.4, -0.2) is 16.5 Å². The molecule has 0 radical (unpaired) electrons. The van der Waals surface area contributed by atoms with Crippen LogP contribution < -0.4 is 5.32 Å². The zero-order valence-corrected chi connectivity index (χ0v) is 12.0. The third kappa shape index (κ3) is 3.29. The van der Waals surface area contributed by atoms with Crippen LogP contribution in [0.2, 0.25) is 5.02 Å². The number of hydrogen-bond donors (Lipinski definition) is 1. The second-order valence-electron chi connectivity index (χ2n) is 3.10. The molecule has 2 heterocycles. The van der Waals surface area contributed by atoms with Crippen molar-refractivity contribution in [2.75, 3.05) is 11.9 Å². The lowest BCUT2D eigenvalue weighted by Crippen LogP contribution is -2.06. The molecule has 0 fully saturated rings. The van der Waals surface area contributed by atoms with Crippen LogP contribution in [0.15, 0.2) is 24.7 Å². The quantitative estimate of drug-likeness (QED) is 0.843. The van der Waals surface area contributed by atoms with Crippen molar-refractivity contribution in [1.29, 1.82) is 0 Å². The van der Waals surface area contributed by atoms with Crippen LogP contribution in [0.3, 0.4) is 0 Å². The van der Waals surface area contributed by atoms with Crippen LogP contribution in [-0.2, 0) is 6.42 Å². The number of rotatable bonds is 4. The van der Waals surface area contributed by atoms with E-state index in [0.717, 1.165) is 13.0 Å². The first-order chi connectivity index (χ1) is 7.75. The van der Waals surface area contributed by atoms with Crippen molar-refractivity contribution in [2.24, 2.45) is 0 Å². The van der Waals surface area contributed by atoms with E-state index in [1.807, 2.05) is 11.3 Å². The molecule has 6 heteroatoms. The summed E-state index contributed by atoms with van der Waals surface area (Å²) in [5.41, 5.74) is 0. The predicted octanol–water partition coefficient (Wildman–Crippen LogP) is 3.45. The van der Waals surface area contributed by atoms with E-state index >= 15 is 0 Å². The van der Waals surface area contributed by atoms with Crippen LogP contribution in [0.25, 0.3) is 0 Å². The van der Waals surface area contributed by atoms with Crippen molar-refractivity contribution in [2.45, 2.75) is 6.42 Å². The summed E-state index contributed by atoms with van der Waals surface area (Å²) in [4.78, 5) is 9.26. The summed E-state index contributed by atoms with van der Waals surface area (Å²) in [6, 6.07) is 4.27. The lowest BCUT2D eigenvalue weighted by atomic mass is 10.3. The van der Waals surface area contributed by atoms with E-state index in [9.17, 15) is 0 Å². The standard InChI is InChI=1S/C10H9ClIN3S/c11-8-5-13-6-15-10(8)14-4-3-7-1-2-9(12)16-7/h1-2,5-6H,3-4H2,(H,13,14,15). The summed E-state index contributed by atoms with van der Waals surface area (Å²) < 4.78 is 1.31. The van der Waals surface area contributed by atoms with Crippen molar-refractivity contribution in [3.05, 3.63) is 37.4 Å². The smallest absolute Gasteiger partial charge is 0.148 e. The largest absolute Gasteiger partial charge is 0.368 e. The van der Waals surface area contributed by atoms with Crippen molar-refractivity contribution in [3.8, 4) is 0 Å². The molecule has 0 aliphatic rings. The maximum atomic E-state index is 5.92. The van der Waals surface area contributed by atoms with Gasteiger partial charge in [0.1, 0.15) is 17.2 Å². The highest BCUT2D eigenvalue weighted by Gasteiger charge is 2.01. The Bertz CT molecular complexity index is 475. The number of thiophene rings is 1. The van der Waals surface area contributed by atoms with Crippen LogP contribution >= 0.6 is 45.5 Å². The molecule has 0 aliphatic carbocycles. The van der Waals surface area contributed by atoms with E-state index in [4.69, 9.17) is 11.6 Å². The molecular weight excluding hydrogens is 357 g/mol. The summed E-state index contributed by atoms with van der Waals surface area (Å²) in [5, 5.41) is 3.75. The monoisotopic (exact) mass is 365 g/mol. The fraction of sp³-hybridized carbons (Fsp3) is 0.200. The summed E-state index contributed by atoms with van der Waals surface area (Å²) in [7, 11) is 0.